The first-order valence-corrected chi connectivity index (χ1v) is 13.6. The van der Waals surface area contributed by atoms with Crippen LogP contribution in [0.15, 0.2) is 46.0 Å². The SMILES string of the molecule is CC1CC(C)CN(C(C)(C)CNC(=O)COc2ccc(N(C)S(=O)(=O)c3cccs3)cc2)C1. The number of carbonyl (C=O) groups excluding carboxylic acids is 1. The molecule has 3 rings (SSSR count). The van der Waals surface area contributed by atoms with E-state index in [1.54, 1.807) is 41.8 Å². The van der Waals surface area contributed by atoms with Crippen LogP contribution in [0, 0.1) is 11.8 Å². The number of carbonyl (C=O) groups is 1. The molecule has 2 heterocycles. The van der Waals surface area contributed by atoms with Gasteiger partial charge in [-0.1, -0.05) is 19.9 Å². The van der Waals surface area contributed by atoms with Crippen LogP contribution in [0.25, 0.3) is 0 Å². The Kier molecular flexibility index (Phi) is 8.08. The number of thiophene rings is 1. The standard InChI is InChI=1S/C24H35N3O4S2/c1-18-13-19(2)15-27(14-18)24(3,4)17-25-22(28)16-31-21-10-8-20(9-11-21)26(5)33(29,30)23-7-6-12-32-23/h6-12,18-19H,13-17H2,1-5H3,(H,25,28). The van der Waals surface area contributed by atoms with E-state index in [2.05, 4.69) is 37.9 Å². The minimum atomic E-state index is -3.58. The summed E-state index contributed by atoms with van der Waals surface area (Å²) >= 11 is 1.18. The van der Waals surface area contributed by atoms with Gasteiger partial charge in [0.05, 0.1) is 5.69 Å². The van der Waals surface area contributed by atoms with Gasteiger partial charge in [-0.2, -0.15) is 0 Å². The lowest BCUT2D eigenvalue weighted by atomic mass is 9.88. The van der Waals surface area contributed by atoms with Crippen LogP contribution >= 0.6 is 11.3 Å². The van der Waals surface area contributed by atoms with Crippen molar-refractivity contribution in [3.05, 3.63) is 41.8 Å². The first kappa shape index (κ1) is 25.5. The van der Waals surface area contributed by atoms with Crippen LogP contribution in [0.5, 0.6) is 5.75 Å². The zero-order valence-corrected chi connectivity index (χ0v) is 21.7. The van der Waals surface area contributed by atoms with Crippen molar-refractivity contribution in [1.82, 2.24) is 10.2 Å². The summed E-state index contributed by atoms with van der Waals surface area (Å²) in [5.41, 5.74) is 0.394. The maximum absolute atomic E-state index is 12.6. The van der Waals surface area contributed by atoms with Gasteiger partial charge in [0.1, 0.15) is 9.96 Å². The van der Waals surface area contributed by atoms with E-state index >= 15 is 0 Å². The van der Waals surface area contributed by atoms with E-state index in [4.69, 9.17) is 4.74 Å². The Labute approximate surface area is 201 Å². The van der Waals surface area contributed by atoms with E-state index in [-0.39, 0.29) is 18.1 Å². The zero-order chi connectivity index (χ0) is 24.2. The normalized spacial score (nSPS) is 19.8. The minimum Gasteiger partial charge on any atom is -0.484 e. The number of anilines is 1. The molecule has 2 atom stereocenters. The molecule has 1 fully saturated rings. The Morgan fingerprint density at radius 2 is 1.82 bits per heavy atom. The second-order valence-electron chi connectivity index (χ2n) is 9.63. The largest absolute Gasteiger partial charge is 0.484 e. The van der Waals surface area contributed by atoms with Gasteiger partial charge in [0.25, 0.3) is 15.9 Å². The summed E-state index contributed by atoms with van der Waals surface area (Å²) in [5.74, 6) is 1.65. The van der Waals surface area contributed by atoms with Gasteiger partial charge in [0, 0.05) is 32.2 Å². The number of likely N-dealkylation sites (tertiary alicyclic amines) is 1. The molecular formula is C24H35N3O4S2. The fraction of sp³-hybridized carbons (Fsp3) is 0.542. The zero-order valence-electron chi connectivity index (χ0n) is 20.1. The first-order valence-electron chi connectivity index (χ1n) is 11.3. The van der Waals surface area contributed by atoms with Gasteiger partial charge in [-0.25, -0.2) is 8.42 Å². The average molecular weight is 494 g/mol. The van der Waals surface area contributed by atoms with E-state index in [0.29, 0.717) is 34.0 Å². The van der Waals surface area contributed by atoms with E-state index in [1.165, 1.54) is 29.1 Å². The van der Waals surface area contributed by atoms with E-state index in [1.807, 2.05) is 0 Å². The molecule has 1 aromatic carbocycles. The van der Waals surface area contributed by atoms with Crippen molar-refractivity contribution in [3.8, 4) is 5.75 Å². The third-order valence-corrected chi connectivity index (χ3v) is 9.28. The molecule has 1 aliphatic heterocycles. The Hall–Kier alpha value is -2.10. The number of ether oxygens (including phenoxy) is 1. The Morgan fingerprint density at radius 3 is 2.39 bits per heavy atom. The quantitative estimate of drug-likeness (QED) is 0.575. The predicted octanol–water partition coefficient (Wildman–Crippen LogP) is 3.82. The number of piperidine rings is 1. The maximum Gasteiger partial charge on any atom is 0.273 e. The Bertz CT molecular complexity index is 1010. The van der Waals surface area contributed by atoms with Crippen molar-refractivity contribution in [2.24, 2.45) is 11.8 Å². The summed E-state index contributed by atoms with van der Waals surface area (Å²) in [6.07, 6.45) is 1.25. The predicted molar refractivity (Wildman–Crippen MR) is 133 cm³/mol. The molecule has 1 aromatic heterocycles. The molecule has 1 N–H and O–H groups in total. The highest BCUT2D eigenvalue weighted by Crippen LogP contribution is 2.28. The fourth-order valence-corrected chi connectivity index (χ4v) is 6.58. The van der Waals surface area contributed by atoms with Crippen molar-refractivity contribution in [2.45, 2.75) is 43.9 Å². The molecule has 1 aliphatic rings. The van der Waals surface area contributed by atoms with Gasteiger partial charge in [-0.15, -0.1) is 11.3 Å². The number of nitrogens with one attached hydrogen (secondary N) is 1. The third kappa shape index (κ3) is 6.49. The Morgan fingerprint density at radius 1 is 1.18 bits per heavy atom. The number of benzene rings is 1. The van der Waals surface area contributed by atoms with Crippen molar-refractivity contribution in [1.29, 1.82) is 0 Å². The molecule has 2 unspecified atom stereocenters. The number of amides is 1. The van der Waals surface area contributed by atoms with Crippen molar-refractivity contribution < 1.29 is 17.9 Å². The van der Waals surface area contributed by atoms with Gasteiger partial charge in [-0.3, -0.25) is 14.0 Å². The molecule has 0 saturated carbocycles. The summed E-state index contributed by atoms with van der Waals surface area (Å²) < 4.78 is 32.4. The second kappa shape index (κ2) is 10.4. The van der Waals surface area contributed by atoms with Crippen molar-refractivity contribution >= 4 is 33.0 Å². The van der Waals surface area contributed by atoms with Gasteiger partial charge in [0.15, 0.2) is 6.61 Å². The van der Waals surface area contributed by atoms with E-state index in [0.717, 1.165) is 13.1 Å². The van der Waals surface area contributed by atoms with E-state index < -0.39 is 10.0 Å². The topological polar surface area (TPSA) is 79.0 Å². The molecular weight excluding hydrogens is 458 g/mol. The summed E-state index contributed by atoms with van der Waals surface area (Å²) in [6.45, 7) is 11.5. The lowest BCUT2D eigenvalue weighted by Crippen LogP contribution is -2.56. The van der Waals surface area contributed by atoms with E-state index in [9.17, 15) is 13.2 Å². The molecule has 33 heavy (non-hydrogen) atoms. The van der Waals surface area contributed by atoms with Crippen LogP contribution in [0.3, 0.4) is 0 Å². The highest BCUT2D eigenvalue weighted by Gasteiger charge is 2.33. The van der Waals surface area contributed by atoms with Crippen molar-refractivity contribution in [2.75, 3.05) is 37.6 Å². The molecule has 1 amide bonds. The maximum atomic E-state index is 12.6. The lowest BCUT2D eigenvalue weighted by molar-refractivity contribution is -0.123. The van der Waals surface area contributed by atoms with Gasteiger partial charge in [-0.05, 0) is 67.8 Å². The third-order valence-electron chi connectivity index (χ3n) is 6.12. The highest BCUT2D eigenvalue weighted by molar-refractivity contribution is 7.94. The van der Waals surface area contributed by atoms with Crippen LogP contribution in [0.2, 0.25) is 0 Å². The Balaban J connectivity index is 1.49. The summed E-state index contributed by atoms with van der Waals surface area (Å²) in [5, 5.41) is 4.73. The molecule has 0 bridgehead atoms. The van der Waals surface area contributed by atoms with Gasteiger partial charge >= 0.3 is 0 Å². The highest BCUT2D eigenvalue weighted by atomic mass is 32.2. The number of sulfonamides is 1. The van der Waals surface area contributed by atoms with Crippen LogP contribution in [-0.4, -0.2) is 58.1 Å². The second-order valence-corrected chi connectivity index (χ2v) is 12.8. The number of rotatable bonds is 9. The van der Waals surface area contributed by atoms with Gasteiger partial charge in [0.2, 0.25) is 0 Å². The molecule has 182 valence electrons. The summed E-state index contributed by atoms with van der Waals surface area (Å²) in [6, 6.07) is 9.97. The monoisotopic (exact) mass is 493 g/mol. The fourth-order valence-electron chi connectivity index (χ4n) is 4.22. The first-order chi connectivity index (χ1) is 15.5. The van der Waals surface area contributed by atoms with Crippen molar-refractivity contribution in [3.63, 3.8) is 0 Å². The van der Waals surface area contributed by atoms with Gasteiger partial charge < -0.3 is 10.1 Å². The molecule has 0 aliphatic carbocycles. The van der Waals surface area contributed by atoms with Crippen LogP contribution in [0.4, 0.5) is 5.69 Å². The van der Waals surface area contributed by atoms with Crippen LogP contribution in [-0.2, 0) is 14.8 Å². The molecule has 9 heteroatoms. The summed E-state index contributed by atoms with van der Waals surface area (Å²) in [7, 11) is -2.06. The molecule has 7 nitrogen and oxygen atoms in total. The van der Waals surface area contributed by atoms with Crippen LogP contribution in [0.1, 0.15) is 34.1 Å². The number of hydrogen-bond acceptors (Lipinski definition) is 6. The minimum absolute atomic E-state index is 0.0917. The molecule has 0 radical (unpaired) electrons. The molecule has 1 saturated heterocycles. The number of hydrogen-bond donors (Lipinski definition) is 1. The number of nitrogens with zero attached hydrogens (tertiary/aromatic N) is 2. The lowest BCUT2D eigenvalue weighted by Gasteiger charge is -2.45. The average Bonchev–Trinajstić information content (AvgIpc) is 3.31. The molecule has 0 spiro atoms. The smallest absolute Gasteiger partial charge is 0.273 e. The molecule has 2 aromatic rings. The van der Waals surface area contributed by atoms with Crippen LogP contribution < -0.4 is 14.4 Å². The summed E-state index contributed by atoms with van der Waals surface area (Å²) in [4.78, 5) is 14.8.